The van der Waals surface area contributed by atoms with Crippen molar-refractivity contribution in [1.82, 2.24) is 15.0 Å². The summed E-state index contributed by atoms with van der Waals surface area (Å²) in [5.41, 5.74) is -1.06. The Morgan fingerprint density at radius 3 is 1.94 bits per heavy atom. The molecule has 33 heteroatoms. The molecule has 3 aromatic carbocycles. The van der Waals surface area contributed by atoms with Crippen molar-refractivity contribution in [3.05, 3.63) is 111 Å². The largest absolute Gasteiger partial charge is 1.00 e. The molecule has 0 atom stereocenters. The summed E-state index contributed by atoms with van der Waals surface area (Å²) in [4.78, 5) is 38.2. The second kappa shape index (κ2) is 23.7. The van der Waals surface area contributed by atoms with E-state index in [9.17, 15) is 71.9 Å². The molecule has 0 bridgehead atoms. The summed E-state index contributed by atoms with van der Waals surface area (Å²) in [6, 6.07) is 6.17. The van der Waals surface area contributed by atoms with Gasteiger partial charge < -0.3 is 23.7 Å². The van der Waals surface area contributed by atoms with Gasteiger partial charge in [-0.05, 0) is 65.8 Å². The molecule has 0 spiro atoms. The smallest absolute Gasteiger partial charge is 0.846 e. The van der Waals surface area contributed by atoms with Crippen LogP contribution in [0, 0.1) is 10.1 Å². The maximum absolute atomic E-state index is 12.3. The van der Waals surface area contributed by atoms with Crippen LogP contribution in [0.3, 0.4) is 0 Å². The van der Waals surface area contributed by atoms with Crippen LogP contribution in [0.1, 0.15) is 18.1 Å². The zero-order valence-corrected chi connectivity index (χ0v) is 44.7. The zero-order valence-electron chi connectivity index (χ0n) is 33.5. The Morgan fingerprint density at radius 2 is 1.38 bits per heavy atom. The minimum atomic E-state index is -5.28. The van der Waals surface area contributed by atoms with Crippen LogP contribution in [0.15, 0.2) is 118 Å². The molecule has 1 aliphatic carbocycles. The van der Waals surface area contributed by atoms with Gasteiger partial charge >= 0.3 is 118 Å². The van der Waals surface area contributed by atoms with E-state index in [2.05, 4.69) is 40.5 Å². The van der Waals surface area contributed by atoms with Gasteiger partial charge in [0, 0.05) is 19.1 Å². The average molecular weight is 996 g/mol. The Bertz CT molecular complexity index is 3280. The fourth-order valence-corrected chi connectivity index (χ4v) is 7.37. The number of nitrogens with one attached hydrogen (secondary N) is 3. The molecule has 1 amide bonds. The molecule has 0 radical (unpaired) electrons. The first-order valence-corrected chi connectivity index (χ1v) is 21.3. The summed E-state index contributed by atoms with van der Waals surface area (Å²) < 4.78 is 140. The Hall–Kier alpha value is -2.86. The Morgan fingerprint density at radius 1 is 0.766 bits per heavy atom. The van der Waals surface area contributed by atoms with Gasteiger partial charge in [-0.2, -0.15) is 13.5 Å². The third kappa shape index (κ3) is 16.2. The SMILES string of the molecule is CC(=O)N=C1C=C(N=c2nc([O-])[nH]c(=Nc3cc(S(=O)(=O)[O-])ccc3S(=O)(=O)[O-])[nH]2)C=CC1=NNc1ccc(/C=C/c2ccc([N+](=O)[O-])cc2S(=O)(=O)[O-])c(S(=O)(=O)O)c1.[Na+].[Na+].[Na+].[Na+]. The number of non-ortho nitro benzene ring substituents is 1. The van der Waals surface area contributed by atoms with Crippen LogP contribution in [0.5, 0.6) is 6.01 Å². The van der Waals surface area contributed by atoms with E-state index in [-0.39, 0.29) is 152 Å². The molecule has 5 rings (SSSR count). The van der Waals surface area contributed by atoms with Crippen molar-refractivity contribution >= 4 is 87.0 Å². The molecule has 1 aromatic heterocycles. The van der Waals surface area contributed by atoms with Gasteiger partial charge in [0.1, 0.15) is 41.0 Å². The molecule has 0 fully saturated rings. The van der Waals surface area contributed by atoms with Gasteiger partial charge in [0.15, 0.2) is 0 Å². The van der Waals surface area contributed by atoms with Gasteiger partial charge in [-0.1, -0.05) is 18.2 Å². The summed E-state index contributed by atoms with van der Waals surface area (Å²) in [7, 11) is -20.6. The number of rotatable bonds is 11. The molecular weight excluding hydrogens is 975 g/mol. The number of carbonyl (C=O) groups is 1. The number of hydrogen-bond donors (Lipinski definition) is 4. The number of amides is 1. The van der Waals surface area contributed by atoms with E-state index >= 15 is 0 Å². The molecule has 0 aliphatic heterocycles. The summed E-state index contributed by atoms with van der Waals surface area (Å²) in [6.45, 7) is 1.08. The van der Waals surface area contributed by atoms with E-state index in [1.54, 1.807) is 0 Å². The number of nitrogens with zero attached hydrogens (tertiary/aromatic N) is 6. The maximum atomic E-state index is 12.3. The van der Waals surface area contributed by atoms with Gasteiger partial charge in [0.2, 0.25) is 17.1 Å². The van der Waals surface area contributed by atoms with Crippen LogP contribution >= 0.6 is 0 Å². The van der Waals surface area contributed by atoms with Gasteiger partial charge in [0.25, 0.3) is 15.8 Å². The minimum Gasteiger partial charge on any atom is -0.846 e. The number of H-pyrrole nitrogens is 2. The van der Waals surface area contributed by atoms with Crippen molar-refractivity contribution < 1.29 is 185 Å². The summed E-state index contributed by atoms with van der Waals surface area (Å²) >= 11 is 0. The number of nitro groups is 1. The second-order valence-electron chi connectivity index (χ2n) is 11.6. The van der Waals surface area contributed by atoms with Crippen LogP contribution in [-0.2, 0) is 45.3 Å². The molecule has 1 heterocycles. The standard InChI is InChI=1S/C31H25N9O16S4.4Na/c1-16(41)32-24-12-19(33-29-35-30(37-31(42)36-29)34-25-15-22(57(45,46)47)9-11-26(25)58(48,49)50)7-10-23(24)39-38-20-6-4-17(27(13-20)59(51,52)53)2-3-18-5-8-21(40(43)44)14-28(18)60(54,55)56;;;;/h2-15,38H,1H3,(H,45,46,47)(H,48,49,50)(H,51,52,53)(H,54,55,56)(H3,33,34,35,36,37,42);;;;/q;4*+1/p-4/b3-2+,32-24?,39-23?;;;;. The number of hydrogen-bond acceptors (Lipinski definition) is 20. The first-order valence-electron chi connectivity index (χ1n) is 15.7. The first-order chi connectivity index (χ1) is 27.8. The van der Waals surface area contributed by atoms with Crippen molar-refractivity contribution in [2.24, 2.45) is 20.1 Å². The normalized spacial score (nSPS) is 14.8. The monoisotopic (exact) mass is 995 g/mol. The van der Waals surface area contributed by atoms with E-state index in [4.69, 9.17) is 0 Å². The fourth-order valence-electron chi connectivity index (χ4n) is 4.89. The number of aliphatic imine (C=N–C) groups is 1. The molecular formula is C31H21N9Na4O16S4. The average Bonchev–Trinajstić information content (AvgIpc) is 3.11. The molecule has 4 aromatic rings. The third-order valence-electron chi connectivity index (χ3n) is 7.37. The van der Waals surface area contributed by atoms with Gasteiger partial charge in [-0.25, -0.2) is 45.2 Å². The molecule has 0 saturated carbocycles. The van der Waals surface area contributed by atoms with Crippen LogP contribution < -0.4 is 140 Å². The van der Waals surface area contributed by atoms with Gasteiger partial charge in [-0.15, -0.1) is 0 Å². The predicted molar refractivity (Wildman–Crippen MR) is 198 cm³/mol. The second-order valence-corrected chi connectivity index (χ2v) is 17.1. The van der Waals surface area contributed by atoms with E-state index in [0.717, 1.165) is 43.3 Å². The topological polar surface area (TPSA) is 415 Å². The molecule has 0 unspecified atom stereocenters. The number of aromatic nitrogens is 3. The van der Waals surface area contributed by atoms with Crippen LogP contribution in [0.25, 0.3) is 12.2 Å². The number of anilines is 1. The zero-order chi connectivity index (χ0) is 44.4. The fraction of sp³-hybridized carbons (Fsp3) is 0.0323. The van der Waals surface area contributed by atoms with E-state index in [1.165, 1.54) is 24.3 Å². The maximum Gasteiger partial charge on any atom is 1.00 e. The molecule has 1 aliphatic rings. The number of aromatic amines is 2. The van der Waals surface area contributed by atoms with Crippen molar-refractivity contribution in [3.63, 3.8) is 0 Å². The predicted octanol–water partition coefficient (Wildman–Crippen LogP) is -12.1. The summed E-state index contributed by atoms with van der Waals surface area (Å²) in [5.74, 6) is -0.734. The molecule has 64 heavy (non-hydrogen) atoms. The Labute approximate surface area is 450 Å². The Kier molecular flexibility index (Phi) is 21.9. The van der Waals surface area contributed by atoms with Crippen molar-refractivity contribution in [2.75, 3.05) is 5.43 Å². The van der Waals surface area contributed by atoms with Gasteiger partial charge in [0.05, 0.1) is 48.4 Å². The molecule has 314 valence electrons. The first kappa shape index (κ1) is 59.2. The number of allylic oxidation sites excluding steroid dienone is 3. The number of benzene rings is 3. The van der Waals surface area contributed by atoms with Crippen LogP contribution in [-0.4, -0.2) is 89.1 Å². The quantitative estimate of drug-likeness (QED) is 0.0271. The number of nitro benzene ring substituents is 1. The Balaban J connectivity index is 0.00000512. The van der Waals surface area contributed by atoms with Crippen molar-refractivity contribution in [2.45, 2.75) is 26.5 Å². The van der Waals surface area contributed by atoms with Crippen molar-refractivity contribution in [1.29, 1.82) is 0 Å². The number of carbonyl (C=O) groups excluding carboxylic acids is 1. The molecule has 4 N–H and O–H groups in total. The van der Waals surface area contributed by atoms with Gasteiger partial charge in [-0.3, -0.25) is 29.9 Å². The van der Waals surface area contributed by atoms with E-state index in [1.807, 2.05) is 0 Å². The molecule has 0 saturated heterocycles. The summed E-state index contributed by atoms with van der Waals surface area (Å²) in [5, 5.41) is 27.5. The van der Waals surface area contributed by atoms with E-state index < -0.39 is 99.5 Å². The third-order valence-corrected chi connectivity index (χ3v) is 10.9. The summed E-state index contributed by atoms with van der Waals surface area (Å²) in [6.07, 6.45) is 5.69. The van der Waals surface area contributed by atoms with Crippen molar-refractivity contribution in [3.8, 4) is 6.01 Å². The van der Waals surface area contributed by atoms with E-state index in [0.29, 0.717) is 24.3 Å². The minimum absolute atomic E-state index is 0. The number of hydrazone groups is 1. The van der Waals surface area contributed by atoms with Crippen LogP contribution in [0.4, 0.5) is 17.1 Å². The van der Waals surface area contributed by atoms with Crippen LogP contribution in [0.2, 0.25) is 0 Å². The molecule has 25 nitrogen and oxygen atoms in total.